The highest BCUT2D eigenvalue weighted by atomic mass is 14.8. The number of hydrogen-bond donors (Lipinski definition) is 0. The van der Waals surface area contributed by atoms with Gasteiger partial charge in [0.05, 0.1) is 28.5 Å². The number of aromatic nitrogens is 9. The molecule has 0 N–H and O–H groups in total. The van der Waals surface area contributed by atoms with E-state index in [1.54, 1.807) is 0 Å². The highest BCUT2D eigenvalue weighted by Crippen LogP contribution is 2.56. The van der Waals surface area contributed by atoms with E-state index in [4.69, 9.17) is 19.9 Å². The molecule has 3 saturated carbocycles. The van der Waals surface area contributed by atoms with Gasteiger partial charge >= 0.3 is 0 Å². The summed E-state index contributed by atoms with van der Waals surface area (Å²) in [6.07, 6.45) is 27.4. The molecule has 9 nitrogen and oxygen atoms in total. The Labute approximate surface area is 457 Å². The molecule has 3 fully saturated rings. The molecular weight excluding hydrogens is 955 g/mol. The molecule has 78 heavy (non-hydrogen) atoms. The molecule has 3 aliphatic carbocycles. The number of benzene rings is 1. The fraction of sp³-hybridized carbons (Fsp3) is 0.261. The summed E-state index contributed by atoms with van der Waals surface area (Å²) in [6.45, 7) is 0. The first-order valence-electron chi connectivity index (χ1n) is 28.1. The quantitative estimate of drug-likeness (QED) is 0.118. The molecule has 384 valence electrons. The highest BCUT2D eigenvalue weighted by molar-refractivity contribution is 5.61. The van der Waals surface area contributed by atoms with Crippen LogP contribution in [0.1, 0.15) is 116 Å². The zero-order chi connectivity index (χ0) is 52.0. The fourth-order valence-electron chi connectivity index (χ4n) is 13.7. The lowest BCUT2D eigenvalue weighted by molar-refractivity contribution is 0.0796. The lowest BCUT2D eigenvalue weighted by Gasteiger charge is -2.47. The minimum absolute atomic E-state index is 0.288. The average molecular weight is 1020 g/mol. The van der Waals surface area contributed by atoms with Crippen LogP contribution in [-0.2, 0) is 0 Å². The molecule has 3 aliphatic rings. The fourth-order valence-corrected chi connectivity index (χ4v) is 13.7. The molecule has 0 aliphatic heterocycles. The Morgan fingerprint density at radius 3 is 0.782 bits per heavy atom. The van der Waals surface area contributed by atoms with Gasteiger partial charge in [0.1, 0.15) is 0 Å². The summed E-state index contributed by atoms with van der Waals surface area (Å²) in [5, 5.41) is 0. The Kier molecular flexibility index (Phi) is 14.3. The largest absolute Gasteiger partial charge is 0.260 e. The topological polar surface area (TPSA) is 116 Å². The molecular formula is C69H63N9. The lowest BCUT2D eigenvalue weighted by Crippen LogP contribution is -2.36. The molecule has 0 bridgehead atoms. The van der Waals surface area contributed by atoms with Crippen LogP contribution in [0, 0.1) is 23.7 Å². The van der Waals surface area contributed by atoms with Crippen molar-refractivity contribution in [2.24, 2.45) is 23.7 Å². The van der Waals surface area contributed by atoms with Gasteiger partial charge in [0.15, 0.2) is 0 Å². The average Bonchev–Trinajstić information content (AvgIpc) is 3.58. The minimum atomic E-state index is 0.288. The van der Waals surface area contributed by atoms with Crippen molar-refractivity contribution in [2.45, 2.75) is 87.4 Å². The molecule has 9 heteroatoms. The van der Waals surface area contributed by atoms with E-state index in [-0.39, 0.29) is 11.8 Å². The number of pyridine rings is 9. The van der Waals surface area contributed by atoms with E-state index >= 15 is 0 Å². The lowest BCUT2D eigenvalue weighted by atomic mass is 9.58. The van der Waals surface area contributed by atoms with Crippen molar-refractivity contribution >= 4 is 0 Å². The maximum Gasteiger partial charge on any atom is 0.0717 e. The Bertz CT molecular complexity index is 3120. The van der Waals surface area contributed by atoms with Gasteiger partial charge in [-0.05, 0) is 202 Å². The molecule has 13 rings (SSSR count). The second kappa shape index (κ2) is 22.6. The van der Waals surface area contributed by atoms with Crippen LogP contribution in [0.15, 0.2) is 220 Å². The van der Waals surface area contributed by atoms with Crippen LogP contribution in [0.3, 0.4) is 0 Å². The Morgan fingerprint density at radius 1 is 0.218 bits per heavy atom. The first-order chi connectivity index (χ1) is 38.6. The van der Waals surface area contributed by atoms with E-state index in [1.165, 1.54) is 34.8 Å². The summed E-state index contributed by atoms with van der Waals surface area (Å²) >= 11 is 0. The maximum atomic E-state index is 5.33. The van der Waals surface area contributed by atoms with E-state index in [9.17, 15) is 0 Å². The molecule has 8 unspecified atom stereocenters. The second-order valence-corrected chi connectivity index (χ2v) is 22.2. The monoisotopic (exact) mass is 1020 g/mol. The maximum absolute atomic E-state index is 5.33. The molecule has 8 atom stereocenters. The van der Waals surface area contributed by atoms with Crippen LogP contribution in [0.25, 0.3) is 56.3 Å². The van der Waals surface area contributed by atoms with E-state index in [0.29, 0.717) is 41.4 Å². The van der Waals surface area contributed by atoms with Gasteiger partial charge in [-0.25, -0.2) is 0 Å². The summed E-state index contributed by atoms with van der Waals surface area (Å²) in [6, 6.07) is 57.8. The molecule has 1 aromatic carbocycles. The zero-order valence-corrected chi connectivity index (χ0v) is 43.9. The number of nitrogens with zero attached hydrogens (tertiary/aromatic N) is 9. The normalized spacial score (nSPS) is 23.3. The molecule has 0 saturated heterocycles. The molecule has 9 heterocycles. The Morgan fingerprint density at radius 2 is 0.487 bits per heavy atom. The summed E-state index contributed by atoms with van der Waals surface area (Å²) in [5.74, 6) is 3.57. The summed E-state index contributed by atoms with van der Waals surface area (Å²) in [4.78, 5) is 44.4. The van der Waals surface area contributed by atoms with Crippen molar-refractivity contribution < 1.29 is 0 Å². The molecule has 9 aromatic heterocycles. The van der Waals surface area contributed by atoms with Gasteiger partial charge in [-0.2, -0.15) is 0 Å². The van der Waals surface area contributed by atoms with Gasteiger partial charge in [-0.3, -0.25) is 44.9 Å². The Balaban J connectivity index is 0.852. The van der Waals surface area contributed by atoms with Crippen molar-refractivity contribution in [1.82, 2.24) is 44.9 Å². The molecule has 0 radical (unpaired) electrons. The van der Waals surface area contributed by atoms with Gasteiger partial charge in [-0.15, -0.1) is 0 Å². The molecule has 10 aromatic rings. The minimum Gasteiger partial charge on any atom is -0.260 e. The van der Waals surface area contributed by atoms with E-state index in [2.05, 4.69) is 146 Å². The highest BCUT2D eigenvalue weighted by Gasteiger charge is 2.44. The van der Waals surface area contributed by atoms with Crippen LogP contribution in [0.4, 0.5) is 0 Å². The number of hydrogen-bond acceptors (Lipinski definition) is 9. The van der Waals surface area contributed by atoms with Gasteiger partial charge in [-0.1, -0.05) is 54.6 Å². The summed E-state index contributed by atoms with van der Waals surface area (Å²) in [5.41, 5.74) is 16.3. The van der Waals surface area contributed by atoms with Crippen LogP contribution in [0.5, 0.6) is 0 Å². The van der Waals surface area contributed by atoms with E-state index < -0.39 is 0 Å². The van der Waals surface area contributed by atoms with Crippen molar-refractivity contribution in [3.05, 3.63) is 248 Å². The van der Waals surface area contributed by atoms with E-state index in [1.807, 2.05) is 98.1 Å². The van der Waals surface area contributed by atoms with Crippen molar-refractivity contribution in [2.75, 3.05) is 0 Å². The van der Waals surface area contributed by atoms with Crippen LogP contribution in [0.2, 0.25) is 0 Å². The predicted octanol–water partition coefficient (Wildman–Crippen LogP) is 15.8. The van der Waals surface area contributed by atoms with Crippen LogP contribution >= 0.6 is 0 Å². The SMILES string of the molecule is c1ccc(-c2ccc(C3CC(c4ccc(-c5ccccn5)cn4)CC(C4CC(c5ccc(-c6ccccn6)cn5)CC(C5CC(c6ccc(-c7ccccn7)cn6)CC(c6ccc(-c7ccccn7)cn6)C5)C4)C3)cc2)nc1. The number of rotatable bonds is 12. The second-order valence-electron chi connectivity index (χ2n) is 22.2. The van der Waals surface area contributed by atoms with Gasteiger partial charge in [0, 0.05) is 130 Å². The van der Waals surface area contributed by atoms with Crippen molar-refractivity contribution in [3.63, 3.8) is 0 Å². The third kappa shape index (κ3) is 10.9. The summed E-state index contributed by atoms with van der Waals surface area (Å²) < 4.78 is 0. The van der Waals surface area contributed by atoms with Gasteiger partial charge in [0.25, 0.3) is 0 Å². The standard InChI is InChI=1S/C69H63N9/c1-6-28-70-61(11-1)47-18-16-46(17-19-47)52-33-53(36-57(35-52)66-24-20-48(42-75-66)62-12-2-7-29-71-62)54-34-55(38-58(37-54)67-25-21-49(43-76-67)63-13-3-8-30-72-63)56-39-59(68-26-22-50(44-77-68)64-14-4-9-31-73-64)41-60(40-56)69-27-23-51(45-78-69)65-15-5-10-32-74-65/h1-32,42-45,52-60H,33-41H2. The van der Waals surface area contributed by atoms with Gasteiger partial charge < -0.3 is 0 Å². The van der Waals surface area contributed by atoms with Crippen molar-refractivity contribution in [3.8, 4) is 56.3 Å². The third-order valence-electron chi connectivity index (χ3n) is 17.6. The van der Waals surface area contributed by atoms with Crippen LogP contribution < -0.4 is 0 Å². The van der Waals surface area contributed by atoms with Crippen molar-refractivity contribution in [1.29, 1.82) is 0 Å². The molecule has 0 spiro atoms. The smallest absolute Gasteiger partial charge is 0.0717 e. The summed E-state index contributed by atoms with van der Waals surface area (Å²) in [7, 11) is 0. The Hall–Kier alpha value is -8.43. The zero-order valence-electron chi connectivity index (χ0n) is 43.9. The van der Waals surface area contributed by atoms with Crippen LogP contribution in [-0.4, -0.2) is 44.9 Å². The third-order valence-corrected chi connectivity index (χ3v) is 17.6. The molecule has 0 amide bonds. The first kappa shape index (κ1) is 49.2. The first-order valence-corrected chi connectivity index (χ1v) is 28.1. The van der Waals surface area contributed by atoms with E-state index in [0.717, 1.165) is 108 Å². The van der Waals surface area contributed by atoms with Gasteiger partial charge in [0.2, 0.25) is 0 Å². The predicted molar refractivity (Wildman–Crippen MR) is 309 cm³/mol.